The number of rotatable bonds is 2. The quantitative estimate of drug-likeness (QED) is 0.764. The molecule has 2 aromatic carbocycles. The van der Waals surface area contributed by atoms with E-state index < -0.39 is 5.76 Å². The van der Waals surface area contributed by atoms with Gasteiger partial charge in [-0.1, -0.05) is 6.07 Å². The van der Waals surface area contributed by atoms with Crippen LogP contribution < -0.4 is 10.7 Å². The number of hydrogen-bond acceptors (Lipinski definition) is 5. The van der Waals surface area contributed by atoms with Crippen molar-refractivity contribution < 1.29 is 9.21 Å². The molecule has 1 amide bonds. The second-order valence-corrected chi connectivity index (χ2v) is 6.17. The minimum Gasteiger partial charge on any atom is -0.408 e. The molecule has 0 bridgehead atoms. The fraction of sp³-hybridized carbons (Fsp3) is 0.211. The molecular formula is C19H16N4O3. The summed E-state index contributed by atoms with van der Waals surface area (Å²) >= 11 is 0. The summed E-state index contributed by atoms with van der Waals surface area (Å²) in [5.41, 5.74) is 3.20. The van der Waals surface area contributed by atoms with Crippen LogP contribution in [0.5, 0.6) is 0 Å². The number of anilines is 1. The van der Waals surface area contributed by atoms with Gasteiger partial charge < -0.3 is 14.2 Å². The highest BCUT2D eigenvalue weighted by molar-refractivity contribution is 5.94. The number of hydrogen-bond donors (Lipinski definition) is 1. The summed E-state index contributed by atoms with van der Waals surface area (Å²) in [6.07, 6.45) is 0. The van der Waals surface area contributed by atoms with Crippen molar-refractivity contribution in [3.05, 3.63) is 64.1 Å². The van der Waals surface area contributed by atoms with Crippen molar-refractivity contribution in [3.63, 3.8) is 0 Å². The van der Waals surface area contributed by atoms with Crippen LogP contribution in [0.3, 0.4) is 0 Å². The zero-order valence-electron chi connectivity index (χ0n) is 13.9. The van der Waals surface area contributed by atoms with Crippen LogP contribution in [-0.2, 0) is 0 Å². The minimum absolute atomic E-state index is 0.0589. The van der Waals surface area contributed by atoms with E-state index in [2.05, 4.69) is 16.0 Å². The van der Waals surface area contributed by atoms with E-state index in [1.54, 1.807) is 35.2 Å². The highest BCUT2D eigenvalue weighted by Gasteiger charge is 2.22. The monoisotopic (exact) mass is 348 g/mol. The van der Waals surface area contributed by atoms with Crippen LogP contribution in [0, 0.1) is 11.3 Å². The number of nitrogens with zero attached hydrogens (tertiary/aromatic N) is 3. The zero-order chi connectivity index (χ0) is 18.1. The number of nitriles is 1. The molecule has 0 radical (unpaired) electrons. The van der Waals surface area contributed by atoms with E-state index in [9.17, 15) is 9.59 Å². The predicted octanol–water partition coefficient (Wildman–Crippen LogP) is 1.96. The number of piperazine rings is 1. The fourth-order valence-electron chi connectivity index (χ4n) is 3.21. The first-order valence-electron chi connectivity index (χ1n) is 8.31. The first-order valence-corrected chi connectivity index (χ1v) is 8.31. The number of oxazole rings is 1. The molecule has 130 valence electrons. The second kappa shape index (κ2) is 6.41. The molecule has 0 spiro atoms. The van der Waals surface area contributed by atoms with E-state index in [-0.39, 0.29) is 5.91 Å². The lowest BCUT2D eigenvalue weighted by molar-refractivity contribution is 0.0746. The van der Waals surface area contributed by atoms with Crippen LogP contribution in [0.1, 0.15) is 15.9 Å². The maximum atomic E-state index is 12.6. The summed E-state index contributed by atoms with van der Waals surface area (Å²) in [5, 5.41) is 8.98. The Bertz CT molecular complexity index is 1070. The molecule has 0 saturated carbocycles. The Labute approximate surface area is 149 Å². The van der Waals surface area contributed by atoms with Gasteiger partial charge in [0.2, 0.25) is 0 Å². The van der Waals surface area contributed by atoms with Crippen molar-refractivity contribution >= 4 is 22.7 Å². The van der Waals surface area contributed by atoms with Gasteiger partial charge in [0.25, 0.3) is 5.91 Å². The third-order valence-corrected chi connectivity index (χ3v) is 4.57. The van der Waals surface area contributed by atoms with Gasteiger partial charge >= 0.3 is 5.76 Å². The fourth-order valence-corrected chi connectivity index (χ4v) is 3.21. The predicted molar refractivity (Wildman–Crippen MR) is 96.1 cm³/mol. The van der Waals surface area contributed by atoms with E-state index in [4.69, 9.17) is 9.68 Å². The van der Waals surface area contributed by atoms with Gasteiger partial charge in [-0.25, -0.2) is 4.79 Å². The molecule has 0 unspecified atom stereocenters. The number of amides is 1. The van der Waals surface area contributed by atoms with Crippen molar-refractivity contribution in [2.24, 2.45) is 0 Å². The maximum Gasteiger partial charge on any atom is 0.417 e. The second-order valence-electron chi connectivity index (χ2n) is 6.17. The molecule has 3 aromatic rings. The molecule has 1 N–H and O–H groups in total. The zero-order valence-corrected chi connectivity index (χ0v) is 13.9. The van der Waals surface area contributed by atoms with Gasteiger partial charge in [-0.3, -0.25) is 9.78 Å². The topological polar surface area (TPSA) is 93.3 Å². The first kappa shape index (κ1) is 16.0. The van der Waals surface area contributed by atoms with E-state index >= 15 is 0 Å². The molecule has 4 rings (SSSR count). The molecule has 1 fully saturated rings. The molecule has 1 aromatic heterocycles. The van der Waals surface area contributed by atoms with Crippen LogP contribution in [0.4, 0.5) is 5.69 Å². The average molecular weight is 348 g/mol. The summed E-state index contributed by atoms with van der Waals surface area (Å²) in [7, 11) is 0. The van der Waals surface area contributed by atoms with E-state index in [0.717, 1.165) is 5.69 Å². The highest BCUT2D eigenvalue weighted by Crippen LogP contribution is 2.22. The number of carbonyl (C=O) groups is 1. The van der Waals surface area contributed by atoms with Gasteiger partial charge in [-0.2, -0.15) is 5.26 Å². The molecule has 1 aliphatic heterocycles. The van der Waals surface area contributed by atoms with Crippen LogP contribution in [0.25, 0.3) is 11.1 Å². The summed E-state index contributed by atoms with van der Waals surface area (Å²) < 4.78 is 5.02. The van der Waals surface area contributed by atoms with E-state index in [1.165, 1.54) is 0 Å². The lowest BCUT2D eigenvalue weighted by atomic mass is 10.1. The Balaban J connectivity index is 1.46. The van der Waals surface area contributed by atoms with Crippen molar-refractivity contribution in [3.8, 4) is 6.07 Å². The Kier molecular flexibility index (Phi) is 3.93. The normalized spacial score (nSPS) is 14.4. The number of carbonyl (C=O) groups excluding carboxylic acids is 1. The van der Waals surface area contributed by atoms with Gasteiger partial charge in [0, 0.05) is 37.4 Å². The summed E-state index contributed by atoms with van der Waals surface area (Å²) in [6, 6.07) is 14.4. The standard InChI is InChI=1S/C19H16N4O3/c20-12-13-2-1-3-14(10-13)18(24)23-8-6-22(7-9-23)15-4-5-17-16(11-15)21-19(25)26-17/h1-5,10-11H,6-9H2,(H,21,25). The van der Waals surface area contributed by atoms with Gasteiger partial charge in [-0.15, -0.1) is 0 Å². The number of aromatic amines is 1. The Morgan fingerprint density at radius 2 is 1.92 bits per heavy atom. The minimum atomic E-state index is -0.466. The molecule has 7 nitrogen and oxygen atoms in total. The third-order valence-electron chi connectivity index (χ3n) is 4.57. The first-order chi connectivity index (χ1) is 12.6. The van der Waals surface area contributed by atoms with Crippen molar-refractivity contribution in [2.45, 2.75) is 0 Å². The van der Waals surface area contributed by atoms with Crippen LogP contribution in [0.15, 0.2) is 51.7 Å². The Morgan fingerprint density at radius 1 is 1.12 bits per heavy atom. The van der Waals surface area contributed by atoms with Crippen LogP contribution >= 0.6 is 0 Å². The van der Waals surface area contributed by atoms with Crippen molar-refractivity contribution in [2.75, 3.05) is 31.1 Å². The van der Waals surface area contributed by atoms with E-state index in [1.807, 2.05) is 12.1 Å². The number of H-pyrrole nitrogens is 1. The Morgan fingerprint density at radius 3 is 2.69 bits per heavy atom. The number of fused-ring (bicyclic) bond motifs is 1. The Hall–Kier alpha value is -3.53. The van der Waals surface area contributed by atoms with E-state index in [0.29, 0.717) is 48.4 Å². The molecule has 2 heterocycles. The van der Waals surface area contributed by atoms with Crippen molar-refractivity contribution in [1.29, 1.82) is 5.26 Å². The van der Waals surface area contributed by atoms with Gasteiger partial charge in [0.15, 0.2) is 5.58 Å². The molecule has 1 aliphatic rings. The van der Waals surface area contributed by atoms with Gasteiger partial charge in [0.1, 0.15) is 0 Å². The molecule has 1 saturated heterocycles. The molecular weight excluding hydrogens is 332 g/mol. The van der Waals surface area contributed by atoms with Gasteiger partial charge in [0.05, 0.1) is 17.1 Å². The van der Waals surface area contributed by atoms with Gasteiger partial charge in [-0.05, 0) is 36.4 Å². The van der Waals surface area contributed by atoms with Crippen molar-refractivity contribution in [1.82, 2.24) is 9.88 Å². The molecule has 0 aliphatic carbocycles. The SMILES string of the molecule is N#Cc1cccc(C(=O)N2CCN(c3ccc4oc(=O)[nH]c4c3)CC2)c1. The summed E-state index contributed by atoms with van der Waals surface area (Å²) in [4.78, 5) is 30.5. The summed E-state index contributed by atoms with van der Waals surface area (Å²) in [5.74, 6) is -0.525. The van der Waals surface area contributed by atoms with Crippen LogP contribution in [-0.4, -0.2) is 42.0 Å². The molecule has 7 heteroatoms. The average Bonchev–Trinajstić information content (AvgIpc) is 3.06. The molecule has 26 heavy (non-hydrogen) atoms. The number of nitrogens with one attached hydrogen (secondary N) is 1. The molecule has 0 atom stereocenters. The lowest BCUT2D eigenvalue weighted by Crippen LogP contribution is -2.48. The van der Waals surface area contributed by atoms with Crippen LogP contribution in [0.2, 0.25) is 0 Å². The number of benzene rings is 2. The largest absolute Gasteiger partial charge is 0.417 e. The maximum absolute atomic E-state index is 12.6. The summed E-state index contributed by atoms with van der Waals surface area (Å²) in [6.45, 7) is 2.57. The number of aromatic nitrogens is 1. The third kappa shape index (κ3) is 2.93. The lowest BCUT2D eigenvalue weighted by Gasteiger charge is -2.36. The highest BCUT2D eigenvalue weighted by atomic mass is 16.4. The smallest absolute Gasteiger partial charge is 0.408 e.